The fourth-order valence-corrected chi connectivity index (χ4v) is 3.56. The van der Waals surface area contributed by atoms with E-state index in [-0.39, 0.29) is 11.5 Å². The van der Waals surface area contributed by atoms with Gasteiger partial charge in [0.15, 0.2) is 5.78 Å². The number of thioether (sulfide) groups is 1. The van der Waals surface area contributed by atoms with E-state index in [1.54, 1.807) is 13.8 Å². The largest absolute Gasteiger partial charge is 0.418 e. The number of aryl methyl sites for hydroxylation is 2. The van der Waals surface area contributed by atoms with Crippen molar-refractivity contribution in [2.45, 2.75) is 44.1 Å². The Morgan fingerprint density at radius 1 is 1.15 bits per heavy atom. The zero-order valence-corrected chi connectivity index (χ0v) is 16.0. The number of nitrogens with one attached hydrogen (secondary N) is 1. The summed E-state index contributed by atoms with van der Waals surface area (Å²) in [6.45, 7) is 6.23. The normalized spacial score (nSPS) is 12.6. The number of amides is 1. The number of para-hydroxylation sites is 1. The van der Waals surface area contributed by atoms with Crippen LogP contribution in [0.4, 0.5) is 18.9 Å². The molecule has 0 aliphatic heterocycles. The van der Waals surface area contributed by atoms with Crippen LogP contribution in [0.1, 0.15) is 41.3 Å². The number of hydrogen-bond donors (Lipinski definition) is 1. The lowest BCUT2D eigenvalue weighted by Gasteiger charge is -2.17. The SMILES string of the molecule is CC(=O)c1c(C)nc(C)nc1SC(C)C(=O)Nc1ccccc1C(F)(F)F. The lowest BCUT2D eigenvalue weighted by molar-refractivity contribution is -0.137. The third kappa shape index (κ3) is 5.06. The first kappa shape index (κ1) is 20.9. The molecule has 0 aliphatic rings. The Bertz CT molecular complexity index is 885. The topological polar surface area (TPSA) is 72.0 Å². The summed E-state index contributed by atoms with van der Waals surface area (Å²) in [6, 6.07) is 4.76. The van der Waals surface area contributed by atoms with E-state index in [0.29, 0.717) is 22.1 Å². The van der Waals surface area contributed by atoms with Crippen molar-refractivity contribution >= 4 is 29.1 Å². The molecule has 0 fully saturated rings. The number of carbonyl (C=O) groups is 2. The molecular weight excluding hydrogens is 379 g/mol. The molecular formula is C18H18F3N3O2S. The van der Waals surface area contributed by atoms with E-state index in [1.165, 1.54) is 32.0 Å². The third-order valence-electron chi connectivity index (χ3n) is 3.67. The quantitative estimate of drug-likeness (QED) is 0.459. The standard InChI is InChI=1S/C18H18F3N3O2S/c1-9-15(10(2)25)17(23-12(4)22-9)27-11(3)16(26)24-14-8-6-5-7-13(14)18(19,20)21/h5-8,11H,1-4H3,(H,24,26). The van der Waals surface area contributed by atoms with Crippen molar-refractivity contribution < 1.29 is 22.8 Å². The molecule has 1 aromatic carbocycles. The van der Waals surface area contributed by atoms with Crippen LogP contribution in [0.3, 0.4) is 0 Å². The number of halogens is 3. The second-order valence-electron chi connectivity index (χ2n) is 5.89. The minimum Gasteiger partial charge on any atom is -0.325 e. The average molecular weight is 397 g/mol. The van der Waals surface area contributed by atoms with Crippen molar-refractivity contribution in [3.05, 3.63) is 46.9 Å². The summed E-state index contributed by atoms with van der Waals surface area (Å²) >= 11 is 1.00. The summed E-state index contributed by atoms with van der Waals surface area (Å²) in [6.07, 6.45) is -4.58. The molecule has 0 spiro atoms. The molecule has 0 saturated heterocycles. The third-order valence-corrected chi connectivity index (χ3v) is 4.75. The van der Waals surface area contributed by atoms with Crippen molar-refractivity contribution in [1.29, 1.82) is 0 Å². The molecule has 0 saturated carbocycles. The van der Waals surface area contributed by atoms with Crippen LogP contribution in [0.5, 0.6) is 0 Å². The maximum atomic E-state index is 13.1. The molecule has 1 aromatic heterocycles. The van der Waals surface area contributed by atoms with Gasteiger partial charge in [0, 0.05) is 0 Å². The number of benzene rings is 1. The van der Waals surface area contributed by atoms with Crippen molar-refractivity contribution in [3.63, 3.8) is 0 Å². The van der Waals surface area contributed by atoms with Gasteiger partial charge in [-0.2, -0.15) is 13.2 Å². The van der Waals surface area contributed by atoms with Gasteiger partial charge in [-0.25, -0.2) is 9.97 Å². The molecule has 2 rings (SSSR count). The monoisotopic (exact) mass is 397 g/mol. The molecule has 0 bridgehead atoms. The summed E-state index contributed by atoms with van der Waals surface area (Å²) in [7, 11) is 0. The van der Waals surface area contributed by atoms with Crippen molar-refractivity contribution in [2.75, 3.05) is 5.32 Å². The molecule has 1 amide bonds. The summed E-state index contributed by atoms with van der Waals surface area (Å²) in [5, 5.41) is 1.86. The summed E-state index contributed by atoms with van der Waals surface area (Å²) in [5.74, 6) is -0.430. The van der Waals surface area contributed by atoms with Gasteiger partial charge in [0.25, 0.3) is 0 Å². The molecule has 1 N–H and O–H groups in total. The molecule has 2 aromatic rings. The molecule has 27 heavy (non-hydrogen) atoms. The van der Waals surface area contributed by atoms with Crippen molar-refractivity contribution in [3.8, 4) is 0 Å². The Kier molecular flexibility index (Phi) is 6.25. The number of rotatable bonds is 5. The van der Waals surface area contributed by atoms with E-state index in [9.17, 15) is 22.8 Å². The number of alkyl halides is 3. The molecule has 0 aliphatic carbocycles. The number of ketones is 1. The van der Waals surface area contributed by atoms with Gasteiger partial charge in [0.05, 0.1) is 27.8 Å². The number of Topliss-reactive ketones (excluding diaryl/α,β-unsaturated/α-hetero) is 1. The Balaban J connectivity index is 2.25. The van der Waals surface area contributed by atoms with Gasteiger partial charge in [0.2, 0.25) is 5.91 Å². The molecule has 5 nitrogen and oxygen atoms in total. The molecule has 1 unspecified atom stereocenters. The van der Waals surface area contributed by atoms with Crippen LogP contribution in [0.15, 0.2) is 29.3 Å². The zero-order chi connectivity index (χ0) is 20.4. The zero-order valence-electron chi connectivity index (χ0n) is 15.1. The van der Waals surface area contributed by atoms with Crippen LogP contribution in [0, 0.1) is 13.8 Å². The van der Waals surface area contributed by atoms with Gasteiger partial charge in [-0.1, -0.05) is 23.9 Å². The fourth-order valence-electron chi connectivity index (χ4n) is 2.47. The number of hydrogen-bond acceptors (Lipinski definition) is 5. The predicted molar refractivity (Wildman–Crippen MR) is 96.9 cm³/mol. The fraction of sp³-hybridized carbons (Fsp3) is 0.333. The highest BCUT2D eigenvalue weighted by atomic mass is 32.2. The van der Waals surface area contributed by atoms with Gasteiger partial charge in [-0.05, 0) is 39.8 Å². The number of aromatic nitrogens is 2. The van der Waals surface area contributed by atoms with E-state index in [2.05, 4.69) is 15.3 Å². The number of nitrogens with zero attached hydrogens (tertiary/aromatic N) is 2. The average Bonchev–Trinajstić information content (AvgIpc) is 2.53. The Morgan fingerprint density at radius 2 is 1.78 bits per heavy atom. The van der Waals surface area contributed by atoms with Crippen molar-refractivity contribution in [2.24, 2.45) is 0 Å². The van der Waals surface area contributed by atoms with Crippen LogP contribution in [0.25, 0.3) is 0 Å². The van der Waals surface area contributed by atoms with Crippen LogP contribution >= 0.6 is 11.8 Å². The predicted octanol–water partition coefficient (Wildman–Crippen LogP) is 4.43. The van der Waals surface area contributed by atoms with E-state index < -0.39 is 22.9 Å². The Hall–Kier alpha value is -2.42. The van der Waals surface area contributed by atoms with Crippen LogP contribution in [-0.4, -0.2) is 26.9 Å². The molecule has 144 valence electrons. The van der Waals surface area contributed by atoms with Crippen LogP contribution < -0.4 is 5.32 Å². The van der Waals surface area contributed by atoms with E-state index in [1.807, 2.05) is 0 Å². The maximum absolute atomic E-state index is 13.1. The second kappa shape index (κ2) is 8.08. The molecule has 1 heterocycles. The Labute approximate surface area is 158 Å². The van der Waals surface area contributed by atoms with Gasteiger partial charge < -0.3 is 5.32 Å². The van der Waals surface area contributed by atoms with Gasteiger partial charge in [-0.15, -0.1) is 0 Å². The first-order chi connectivity index (χ1) is 12.5. The summed E-state index contributed by atoms with van der Waals surface area (Å²) in [5.41, 5.74) is -0.438. The first-order valence-corrected chi connectivity index (χ1v) is 8.88. The lowest BCUT2D eigenvalue weighted by atomic mass is 10.1. The van der Waals surface area contributed by atoms with Crippen LogP contribution in [0.2, 0.25) is 0 Å². The smallest absolute Gasteiger partial charge is 0.325 e. The first-order valence-electron chi connectivity index (χ1n) is 8.00. The van der Waals surface area contributed by atoms with E-state index in [0.717, 1.165) is 17.8 Å². The second-order valence-corrected chi connectivity index (χ2v) is 7.21. The molecule has 0 radical (unpaired) electrons. The number of anilines is 1. The Morgan fingerprint density at radius 3 is 2.37 bits per heavy atom. The van der Waals surface area contributed by atoms with Gasteiger partial charge >= 0.3 is 6.18 Å². The molecule has 1 atom stereocenters. The maximum Gasteiger partial charge on any atom is 0.418 e. The van der Waals surface area contributed by atoms with Crippen LogP contribution in [-0.2, 0) is 11.0 Å². The summed E-state index contributed by atoms with van der Waals surface area (Å²) < 4.78 is 39.2. The lowest BCUT2D eigenvalue weighted by Crippen LogP contribution is -2.24. The van der Waals surface area contributed by atoms with Gasteiger partial charge in [-0.3, -0.25) is 9.59 Å². The highest BCUT2D eigenvalue weighted by Gasteiger charge is 2.34. The van der Waals surface area contributed by atoms with Gasteiger partial charge in [0.1, 0.15) is 10.9 Å². The van der Waals surface area contributed by atoms with Crippen molar-refractivity contribution in [1.82, 2.24) is 9.97 Å². The van der Waals surface area contributed by atoms with E-state index in [4.69, 9.17) is 0 Å². The minimum absolute atomic E-state index is 0.245. The highest BCUT2D eigenvalue weighted by Crippen LogP contribution is 2.35. The van der Waals surface area contributed by atoms with E-state index >= 15 is 0 Å². The minimum atomic E-state index is -4.58. The number of carbonyl (C=O) groups excluding carboxylic acids is 2. The highest BCUT2D eigenvalue weighted by molar-refractivity contribution is 8.00. The molecule has 9 heteroatoms. The summed E-state index contributed by atoms with van der Waals surface area (Å²) in [4.78, 5) is 32.7.